The summed E-state index contributed by atoms with van der Waals surface area (Å²) in [7, 11) is 0. The van der Waals surface area contributed by atoms with Gasteiger partial charge in [0.2, 0.25) is 0 Å². The first kappa shape index (κ1) is 21.1. The molecule has 0 radical (unpaired) electrons. The lowest BCUT2D eigenvalue weighted by atomic mass is 10.0. The lowest BCUT2D eigenvalue weighted by Crippen LogP contribution is -2.41. The van der Waals surface area contributed by atoms with Crippen molar-refractivity contribution in [3.05, 3.63) is 90.0 Å². The third kappa shape index (κ3) is 5.93. The van der Waals surface area contributed by atoms with Gasteiger partial charge in [0.15, 0.2) is 0 Å². The molecule has 3 rings (SSSR count). The second kappa shape index (κ2) is 10.8. The first-order chi connectivity index (χ1) is 14.7. The van der Waals surface area contributed by atoms with Gasteiger partial charge in [-0.2, -0.15) is 0 Å². The molecule has 0 spiro atoms. The predicted molar refractivity (Wildman–Crippen MR) is 115 cm³/mol. The average molecular weight is 404 g/mol. The summed E-state index contributed by atoms with van der Waals surface area (Å²) in [5, 5.41) is 0. The van der Waals surface area contributed by atoms with Crippen molar-refractivity contribution in [3.8, 4) is 16.9 Å². The van der Waals surface area contributed by atoms with Crippen LogP contribution in [0.25, 0.3) is 11.1 Å². The van der Waals surface area contributed by atoms with Crippen molar-refractivity contribution in [2.45, 2.75) is 6.92 Å². The molecule has 0 aromatic heterocycles. The number of hydrogen-bond acceptors (Lipinski definition) is 4. The fourth-order valence-electron chi connectivity index (χ4n) is 2.77. The Labute approximate surface area is 175 Å². The summed E-state index contributed by atoms with van der Waals surface area (Å²) in [4.78, 5) is 24.5. The number of ether oxygens (including phenoxy) is 2. The van der Waals surface area contributed by atoms with E-state index in [0.717, 1.165) is 11.1 Å². The Balaban J connectivity index is 1.50. The highest BCUT2D eigenvalue weighted by molar-refractivity contribution is 5.99. The normalized spacial score (nSPS) is 10.3. The van der Waals surface area contributed by atoms with Crippen molar-refractivity contribution >= 4 is 11.8 Å². The Bertz CT molecular complexity index is 955. The van der Waals surface area contributed by atoms with Crippen molar-refractivity contribution in [2.24, 2.45) is 0 Å². The molecule has 3 aromatic rings. The molecule has 0 unspecified atom stereocenters. The zero-order valence-electron chi connectivity index (χ0n) is 16.8. The molecule has 154 valence electrons. The summed E-state index contributed by atoms with van der Waals surface area (Å²) in [5.41, 5.74) is 7.80. The Morgan fingerprint density at radius 1 is 0.700 bits per heavy atom. The second-order valence-electron chi connectivity index (χ2n) is 6.42. The molecule has 0 aliphatic heterocycles. The van der Waals surface area contributed by atoms with E-state index in [9.17, 15) is 9.59 Å². The maximum atomic E-state index is 12.3. The molecule has 6 nitrogen and oxygen atoms in total. The van der Waals surface area contributed by atoms with Gasteiger partial charge < -0.3 is 9.47 Å². The molecule has 2 N–H and O–H groups in total. The molecule has 0 saturated carbocycles. The molecule has 0 saturated heterocycles. The van der Waals surface area contributed by atoms with Crippen molar-refractivity contribution in [3.63, 3.8) is 0 Å². The van der Waals surface area contributed by atoms with Crippen LogP contribution in [-0.4, -0.2) is 31.6 Å². The topological polar surface area (TPSA) is 76.7 Å². The van der Waals surface area contributed by atoms with Crippen molar-refractivity contribution in [2.75, 3.05) is 19.8 Å². The number of carbonyl (C=O) groups excluding carboxylic acids is 2. The van der Waals surface area contributed by atoms with Gasteiger partial charge in [-0.25, -0.2) is 0 Å². The van der Waals surface area contributed by atoms with Crippen LogP contribution in [0.5, 0.6) is 5.75 Å². The zero-order valence-corrected chi connectivity index (χ0v) is 16.8. The lowest BCUT2D eigenvalue weighted by molar-refractivity contribution is 0.0846. The summed E-state index contributed by atoms with van der Waals surface area (Å²) < 4.78 is 10.7. The van der Waals surface area contributed by atoms with Crippen LogP contribution < -0.4 is 15.6 Å². The van der Waals surface area contributed by atoms with Crippen LogP contribution in [0, 0.1) is 0 Å². The minimum Gasteiger partial charge on any atom is -0.491 e. The van der Waals surface area contributed by atoms with Crippen LogP contribution >= 0.6 is 0 Å². The van der Waals surface area contributed by atoms with Gasteiger partial charge in [-0.15, -0.1) is 0 Å². The number of carbonyl (C=O) groups is 2. The zero-order chi connectivity index (χ0) is 21.2. The molecule has 0 atom stereocenters. The van der Waals surface area contributed by atoms with Crippen LogP contribution in [0.3, 0.4) is 0 Å². The number of hydrazine groups is 1. The van der Waals surface area contributed by atoms with E-state index >= 15 is 0 Å². The van der Waals surface area contributed by atoms with Crippen LogP contribution in [0.4, 0.5) is 0 Å². The van der Waals surface area contributed by atoms with Crippen LogP contribution in [0.15, 0.2) is 78.9 Å². The first-order valence-electron chi connectivity index (χ1n) is 9.74. The van der Waals surface area contributed by atoms with Crippen molar-refractivity contribution in [1.29, 1.82) is 0 Å². The van der Waals surface area contributed by atoms with Gasteiger partial charge in [0.05, 0.1) is 6.61 Å². The SMILES string of the molecule is CCOCCOc1ccc(C(=O)NNC(=O)c2ccc(-c3ccccc3)cc2)cc1. The van der Waals surface area contributed by atoms with Gasteiger partial charge in [0, 0.05) is 17.7 Å². The third-order valence-electron chi connectivity index (χ3n) is 4.36. The number of amides is 2. The van der Waals surface area contributed by atoms with E-state index in [4.69, 9.17) is 9.47 Å². The maximum Gasteiger partial charge on any atom is 0.269 e. The van der Waals surface area contributed by atoms with E-state index < -0.39 is 5.91 Å². The Kier molecular flexibility index (Phi) is 7.58. The van der Waals surface area contributed by atoms with Gasteiger partial charge in [0.1, 0.15) is 12.4 Å². The molecule has 6 heteroatoms. The van der Waals surface area contributed by atoms with E-state index in [-0.39, 0.29) is 5.91 Å². The number of rotatable bonds is 8. The average Bonchev–Trinajstić information content (AvgIpc) is 2.81. The summed E-state index contributed by atoms with van der Waals surface area (Å²) >= 11 is 0. The van der Waals surface area contributed by atoms with Gasteiger partial charge >= 0.3 is 0 Å². The summed E-state index contributed by atoms with van der Waals surface area (Å²) in [6.07, 6.45) is 0. The van der Waals surface area contributed by atoms with Crippen LogP contribution in [0.1, 0.15) is 27.6 Å². The molecule has 0 aliphatic carbocycles. The number of nitrogens with one attached hydrogen (secondary N) is 2. The van der Waals surface area contributed by atoms with Crippen LogP contribution in [0.2, 0.25) is 0 Å². The van der Waals surface area contributed by atoms with Crippen LogP contribution in [-0.2, 0) is 4.74 Å². The van der Waals surface area contributed by atoms with E-state index in [1.807, 2.05) is 49.4 Å². The molecule has 3 aromatic carbocycles. The minimum absolute atomic E-state index is 0.390. The molecular formula is C24H24N2O4. The van der Waals surface area contributed by atoms with Gasteiger partial charge in [0.25, 0.3) is 11.8 Å². The highest BCUT2D eigenvalue weighted by Gasteiger charge is 2.10. The fourth-order valence-corrected chi connectivity index (χ4v) is 2.77. The highest BCUT2D eigenvalue weighted by Crippen LogP contribution is 2.19. The quantitative estimate of drug-likeness (QED) is 0.442. The maximum absolute atomic E-state index is 12.3. The first-order valence-corrected chi connectivity index (χ1v) is 9.74. The number of hydrogen-bond donors (Lipinski definition) is 2. The fraction of sp³-hybridized carbons (Fsp3) is 0.167. The van der Waals surface area contributed by atoms with E-state index in [1.54, 1.807) is 36.4 Å². The molecular weight excluding hydrogens is 380 g/mol. The Hall–Kier alpha value is -3.64. The lowest BCUT2D eigenvalue weighted by Gasteiger charge is -2.09. The predicted octanol–water partition coefficient (Wildman–Crippen LogP) is 3.84. The highest BCUT2D eigenvalue weighted by atomic mass is 16.5. The minimum atomic E-state index is -0.412. The Morgan fingerprint density at radius 2 is 1.23 bits per heavy atom. The molecule has 2 amide bonds. The second-order valence-corrected chi connectivity index (χ2v) is 6.42. The van der Waals surface area contributed by atoms with Gasteiger partial charge in [-0.1, -0.05) is 42.5 Å². The molecule has 0 heterocycles. The van der Waals surface area contributed by atoms with Crippen molar-refractivity contribution in [1.82, 2.24) is 10.9 Å². The third-order valence-corrected chi connectivity index (χ3v) is 4.36. The van der Waals surface area contributed by atoms with Crippen molar-refractivity contribution < 1.29 is 19.1 Å². The smallest absolute Gasteiger partial charge is 0.269 e. The van der Waals surface area contributed by atoms with Gasteiger partial charge in [-0.05, 0) is 54.4 Å². The monoisotopic (exact) mass is 404 g/mol. The standard InChI is InChI=1S/C24H24N2O4/c1-2-29-16-17-30-22-14-12-21(13-15-22)24(28)26-25-23(27)20-10-8-19(9-11-20)18-6-4-3-5-7-18/h3-15H,2,16-17H2,1H3,(H,25,27)(H,26,28). The summed E-state index contributed by atoms with van der Waals surface area (Å²) in [6.45, 7) is 3.52. The largest absolute Gasteiger partial charge is 0.491 e. The number of benzene rings is 3. The van der Waals surface area contributed by atoms with E-state index in [2.05, 4.69) is 10.9 Å². The van der Waals surface area contributed by atoms with E-state index in [0.29, 0.717) is 36.7 Å². The van der Waals surface area contributed by atoms with Gasteiger partial charge in [-0.3, -0.25) is 20.4 Å². The molecule has 0 fully saturated rings. The Morgan fingerprint density at radius 3 is 1.80 bits per heavy atom. The molecule has 0 bridgehead atoms. The molecule has 0 aliphatic rings. The summed E-state index contributed by atoms with van der Waals surface area (Å²) in [5.74, 6) is -0.155. The molecule has 30 heavy (non-hydrogen) atoms. The summed E-state index contributed by atoms with van der Waals surface area (Å²) in [6, 6.07) is 23.7. The van der Waals surface area contributed by atoms with E-state index in [1.165, 1.54) is 0 Å².